The number of aryl methyl sites for hydroxylation is 1. The SMILES string of the molecule is Cc1nnnn1-c1ccc(F)c(NC(=O)c2ccccc2N(C)c2ccccc2)c1. The van der Waals surface area contributed by atoms with E-state index >= 15 is 0 Å². The zero-order chi connectivity index (χ0) is 21.1. The number of para-hydroxylation sites is 2. The molecule has 0 bridgehead atoms. The summed E-state index contributed by atoms with van der Waals surface area (Å²) in [5, 5.41) is 14.0. The fraction of sp³-hybridized carbons (Fsp3) is 0.0909. The molecule has 1 N–H and O–H groups in total. The Morgan fingerprint density at radius 2 is 1.77 bits per heavy atom. The van der Waals surface area contributed by atoms with Crippen LogP contribution >= 0.6 is 0 Å². The zero-order valence-corrected chi connectivity index (χ0v) is 16.5. The fourth-order valence-electron chi connectivity index (χ4n) is 3.15. The molecular weight excluding hydrogens is 383 g/mol. The summed E-state index contributed by atoms with van der Waals surface area (Å²) < 4.78 is 15.9. The second-order valence-corrected chi connectivity index (χ2v) is 6.67. The summed E-state index contributed by atoms with van der Waals surface area (Å²) in [6.45, 7) is 1.73. The van der Waals surface area contributed by atoms with Crippen molar-refractivity contribution in [2.45, 2.75) is 6.92 Å². The van der Waals surface area contributed by atoms with Gasteiger partial charge in [0.2, 0.25) is 0 Å². The van der Waals surface area contributed by atoms with E-state index in [9.17, 15) is 9.18 Å². The van der Waals surface area contributed by atoms with Gasteiger partial charge in [-0.1, -0.05) is 30.3 Å². The van der Waals surface area contributed by atoms with Crippen LogP contribution in [0.2, 0.25) is 0 Å². The standard InChI is InChI=1S/C22H19FN6O/c1-15-25-26-27-29(15)17-12-13-19(23)20(14-17)24-22(30)18-10-6-7-11-21(18)28(2)16-8-4-3-5-9-16/h3-14H,1-2H3,(H,24,30). The second kappa shape index (κ2) is 8.12. The molecule has 7 nitrogen and oxygen atoms in total. The molecule has 0 atom stereocenters. The van der Waals surface area contributed by atoms with Gasteiger partial charge in [0.05, 0.1) is 22.6 Å². The Kier molecular flexibility index (Phi) is 5.21. The van der Waals surface area contributed by atoms with Gasteiger partial charge in [0.15, 0.2) is 5.82 Å². The van der Waals surface area contributed by atoms with E-state index in [1.165, 1.54) is 16.8 Å². The molecule has 150 valence electrons. The molecule has 1 aromatic heterocycles. The van der Waals surface area contributed by atoms with Crippen LogP contribution in [-0.4, -0.2) is 33.2 Å². The molecule has 30 heavy (non-hydrogen) atoms. The lowest BCUT2D eigenvalue weighted by Crippen LogP contribution is -2.19. The van der Waals surface area contributed by atoms with E-state index in [1.54, 1.807) is 25.1 Å². The van der Waals surface area contributed by atoms with Gasteiger partial charge in [0.1, 0.15) is 5.82 Å². The van der Waals surface area contributed by atoms with E-state index in [-0.39, 0.29) is 5.69 Å². The summed E-state index contributed by atoms with van der Waals surface area (Å²) in [5.41, 5.74) is 2.65. The summed E-state index contributed by atoms with van der Waals surface area (Å²) in [4.78, 5) is 14.9. The number of nitrogens with one attached hydrogen (secondary N) is 1. The van der Waals surface area contributed by atoms with Crippen LogP contribution in [0.3, 0.4) is 0 Å². The normalized spacial score (nSPS) is 10.6. The number of benzene rings is 3. The second-order valence-electron chi connectivity index (χ2n) is 6.67. The van der Waals surface area contributed by atoms with Gasteiger partial charge in [-0.05, 0) is 59.8 Å². The predicted octanol–water partition coefficient (Wildman–Crippen LogP) is 4.13. The first kappa shape index (κ1) is 19.3. The highest BCUT2D eigenvalue weighted by atomic mass is 19.1. The van der Waals surface area contributed by atoms with Crippen molar-refractivity contribution in [2.75, 3.05) is 17.3 Å². The Bertz CT molecular complexity index is 1190. The average Bonchev–Trinajstić information content (AvgIpc) is 3.21. The number of hydrogen-bond acceptors (Lipinski definition) is 5. The van der Waals surface area contributed by atoms with Crippen LogP contribution < -0.4 is 10.2 Å². The van der Waals surface area contributed by atoms with Crippen molar-refractivity contribution in [3.05, 3.63) is 90.0 Å². The lowest BCUT2D eigenvalue weighted by atomic mass is 10.1. The molecule has 8 heteroatoms. The molecule has 0 unspecified atom stereocenters. The third kappa shape index (κ3) is 3.75. The molecule has 0 saturated heterocycles. The molecule has 0 aliphatic carbocycles. The van der Waals surface area contributed by atoms with Gasteiger partial charge < -0.3 is 10.2 Å². The zero-order valence-electron chi connectivity index (χ0n) is 16.5. The van der Waals surface area contributed by atoms with Crippen LogP contribution in [0, 0.1) is 12.7 Å². The molecule has 0 fully saturated rings. The minimum atomic E-state index is -0.549. The molecule has 0 aliphatic heterocycles. The van der Waals surface area contributed by atoms with Crippen LogP contribution in [-0.2, 0) is 0 Å². The van der Waals surface area contributed by atoms with E-state index in [0.717, 1.165) is 5.69 Å². The van der Waals surface area contributed by atoms with Gasteiger partial charge in [0, 0.05) is 12.7 Å². The lowest BCUT2D eigenvalue weighted by Gasteiger charge is -2.22. The number of carbonyl (C=O) groups is 1. The van der Waals surface area contributed by atoms with Crippen molar-refractivity contribution in [1.82, 2.24) is 20.2 Å². The first-order valence-electron chi connectivity index (χ1n) is 9.28. The van der Waals surface area contributed by atoms with Gasteiger partial charge in [-0.15, -0.1) is 5.10 Å². The van der Waals surface area contributed by atoms with E-state index in [4.69, 9.17) is 0 Å². The largest absolute Gasteiger partial charge is 0.344 e. The third-order valence-corrected chi connectivity index (χ3v) is 4.72. The molecular formula is C22H19FN6O. The Morgan fingerprint density at radius 3 is 2.50 bits per heavy atom. The van der Waals surface area contributed by atoms with E-state index < -0.39 is 11.7 Å². The van der Waals surface area contributed by atoms with Gasteiger partial charge in [0.25, 0.3) is 5.91 Å². The quantitative estimate of drug-likeness (QED) is 0.543. The number of aromatic nitrogens is 4. The molecule has 0 saturated carbocycles. The van der Waals surface area contributed by atoms with Crippen molar-refractivity contribution in [3.8, 4) is 5.69 Å². The Hall–Kier alpha value is -4.07. The van der Waals surface area contributed by atoms with Crippen molar-refractivity contribution >= 4 is 23.0 Å². The van der Waals surface area contributed by atoms with Crippen LogP contribution in [0.25, 0.3) is 5.69 Å². The number of amides is 1. The summed E-state index contributed by atoms with van der Waals surface area (Å²) in [5.74, 6) is -0.418. The molecule has 4 rings (SSSR count). The van der Waals surface area contributed by atoms with E-state index in [0.29, 0.717) is 22.8 Å². The molecule has 0 radical (unpaired) electrons. The maximum Gasteiger partial charge on any atom is 0.257 e. The Morgan fingerprint density at radius 1 is 1.03 bits per heavy atom. The van der Waals surface area contributed by atoms with Gasteiger partial charge >= 0.3 is 0 Å². The number of tetrazole rings is 1. The van der Waals surface area contributed by atoms with Gasteiger partial charge in [-0.3, -0.25) is 4.79 Å². The maximum absolute atomic E-state index is 14.4. The molecule has 1 heterocycles. The molecule has 3 aromatic carbocycles. The summed E-state index contributed by atoms with van der Waals surface area (Å²) >= 11 is 0. The predicted molar refractivity (Wildman–Crippen MR) is 113 cm³/mol. The fourth-order valence-corrected chi connectivity index (χ4v) is 3.15. The first-order chi connectivity index (χ1) is 14.5. The minimum Gasteiger partial charge on any atom is -0.344 e. The highest BCUT2D eigenvalue weighted by Crippen LogP contribution is 2.28. The average molecular weight is 402 g/mol. The van der Waals surface area contributed by atoms with Crippen LogP contribution in [0.4, 0.5) is 21.5 Å². The monoisotopic (exact) mass is 402 g/mol. The first-order valence-corrected chi connectivity index (χ1v) is 9.28. The summed E-state index contributed by atoms with van der Waals surface area (Å²) in [7, 11) is 1.88. The van der Waals surface area contributed by atoms with Gasteiger partial charge in [-0.2, -0.15) is 4.68 Å². The van der Waals surface area contributed by atoms with Crippen LogP contribution in [0.1, 0.15) is 16.2 Å². The third-order valence-electron chi connectivity index (χ3n) is 4.72. The number of halogens is 1. The van der Waals surface area contributed by atoms with E-state index in [2.05, 4.69) is 20.8 Å². The van der Waals surface area contributed by atoms with Crippen molar-refractivity contribution in [2.24, 2.45) is 0 Å². The Balaban J connectivity index is 1.65. The topological polar surface area (TPSA) is 75.9 Å². The van der Waals surface area contributed by atoms with E-state index in [1.807, 2.05) is 54.4 Å². The van der Waals surface area contributed by atoms with Gasteiger partial charge in [-0.25, -0.2) is 4.39 Å². The Labute approximate surface area is 172 Å². The highest BCUT2D eigenvalue weighted by Gasteiger charge is 2.17. The van der Waals surface area contributed by atoms with Crippen molar-refractivity contribution in [1.29, 1.82) is 0 Å². The highest BCUT2D eigenvalue weighted by molar-refractivity contribution is 6.08. The number of hydrogen-bond donors (Lipinski definition) is 1. The number of anilines is 3. The van der Waals surface area contributed by atoms with Crippen molar-refractivity contribution < 1.29 is 9.18 Å². The molecule has 0 aliphatic rings. The lowest BCUT2D eigenvalue weighted by molar-refractivity contribution is 0.102. The van der Waals surface area contributed by atoms with Crippen LogP contribution in [0.15, 0.2) is 72.8 Å². The maximum atomic E-state index is 14.4. The smallest absolute Gasteiger partial charge is 0.257 e. The van der Waals surface area contributed by atoms with Crippen LogP contribution in [0.5, 0.6) is 0 Å². The number of carbonyl (C=O) groups excluding carboxylic acids is 1. The summed E-state index contributed by atoms with van der Waals surface area (Å²) in [6.07, 6.45) is 0. The minimum absolute atomic E-state index is 0.0459. The number of rotatable bonds is 5. The molecule has 4 aromatic rings. The number of nitrogens with zero attached hydrogens (tertiary/aromatic N) is 5. The molecule has 0 spiro atoms. The summed E-state index contributed by atoms with van der Waals surface area (Å²) in [6, 6.07) is 21.2. The van der Waals surface area contributed by atoms with Crippen molar-refractivity contribution in [3.63, 3.8) is 0 Å². The molecule has 1 amide bonds.